The van der Waals surface area contributed by atoms with Crippen molar-refractivity contribution >= 4 is 81.6 Å². The third-order valence-electron chi connectivity index (χ3n) is 3.66. The average Bonchev–Trinajstić information content (AvgIpc) is 2.59. The molecule has 2 aromatic carbocycles. The first-order chi connectivity index (χ1) is 13.2. The summed E-state index contributed by atoms with van der Waals surface area (Å²) >= 11 is 29.3. The third-order valence-corrected chi connectivity index (χ3v) is 5.01. The quantitative estimate of drug-likeness (QED) is 0.379. The zero-order chi connectivity index (χ0) is 20.4. The second-order valence-electron chi connectivity index (χ2n) is 5.63. The Hall–Kier alpha value is -1.83. The Kier molecular flexibility index (Phi) is 6.47. The van der Waals surface area contributed by atoms with Gasteiger partial charge in [-0.05, 0) is 48.1 Å². The molecule has 144 valence electrons. The monoisotopic (exact) mass is 474 g/mol. The van der Waals surface area contributed by atoms with E-state index in [1.165, 1.54) is 18.2 Å². The van der Waals surface area contributed by atoms with Crippen LogP contribution in [0.3, 0.4) is 0 Å². The largest absolute Gasteiger partial charge is 0.486 e. The van der Waals surface area contributed by atoms with Gasteiger partial charge in [0.2, 0.25) is 0 Å². The van der Waals surface area contributed by atoms with Crippen LogP contribution in [0.25, 0.3) is 6.08 Å². The number of ether oxygens (including phenoxy) is 1. The van der Waals surface area contributed by atoms with Crippen LogP contribution in [0.4, 0.5) is 0 Å². The molecule has 0 radical (unpaired) electrons. The summed E-state index contributed by atoms with van der Waals surface area (Å²) in [6.45, 7) is 0.123. The molecule has 5 nitrogen and oxygen atoms in total. The first-order valence-corrected chi connectivity index (χ1v) is 9.60. The van der Waals surface area contributed by atoms with Crippen LogP contribution in [-0.2, 0) is 16.2 Å². The maximum Gasteiger partial charge on any atom is 0.263 e. The van der Waals surface area contributed by atoms with Gasteiger partial charge in [-0.15, -0.1) is 0 Å². The highest BCUT2D eigenvalue weighted by Crippen LogP contribution is 2.36. The fourth-order valence-electron chi connectivity index (χ4n) is 2.36. The Bertz CT molecular complexity index is 994. The van der Waals surface area contributed by atoms with E-state index >= 15 is 0 Å². The van der Waals surface area contributed by atoms with Crippen molar-refractivity contribution in [1.82, 2.24) is 10.6 Å². The van der Waals surface area contributed by atoms with Crippen LogP contribution in [-0.4, -0.2) is 16.9 Å². The fraction of sp³-hybridized carbons (Fsp3) is 0.0556. The molecular weight excluding hydrogens is 466 g/mol. The van der Waals surface area contributed by atoms with Crippen molar-refractivity contribution in [2.45, 2.75) is 6.61 Å². The zero-order valence-electron chi connectivity index (χ0n) is 13.8. The van der Waals surface area contributed by atoms with Crippen LogP contribution in [0.15, 0.2) is 35.9 Å². The van der Waals surface area contributed by atoms with Crippen LogP contribution in [0, 0.1) is 0 Å². The number of carbonyl (C=O) groups is 2. The minimum absolute atomic E-state index is 0.0483. The van der Waals surface area contributed by atoms with Gasteiger partial charge in [0.05, 0.1) is 10.0 Å². The number of hydrogen-bond acceptors (Lipinski definition) is 4. The average molecular weight is 476 g/mol. The van der Waals surface area contributed by atoms with E-state index in [1.807, 2.05) is 0 Å². The number of carbonyl (C=O) groups excluding carboxylic acids is 2. The van der Waals surface area contributed by atoms with E-state index in [-0.39, 0.29) is 33.1 Å². The van der Waals surface area contributed by atoms with Gasteiger partial charge in [-0.25, -0.2) is 0 Å². The topological polar surface area (TPSA) is 67.4 Å². The highest BCUT2D eigenvalue weighted by molar-refractivity contribution is 7.80. The van der Waals surface area contributed by atoms with Crippen molar-refractivity contribution in [2.24, 2.45) is 0 Å². The summed E-state index contributed by atoms with van der Waals surface area (Å²) in [5.74, 6) is -0.979. The van der Waals surface area contributed by atoms with Gasteiger partial charge in [-0.3, -0.25) is 20.2 Å². The van der Waals surface area contributed by atoms with Crippen LogP contribution >= 0.6 is 58.6 Å². The van der Waals surface area contributed by atoms with Crippen LogP contribution in [0.2, 0.25) is 20.1 Å². The summed E-state index contributed by atoms with van der Waals surface area (Å²) in [7, 11) is 0. The second kappa shape index (κ2) is 8.68. The first kappa shape index (κ1) is 20.9. The fourth-order valence-corrected chi connectivity index (χ4v) is 3.62. The molecule has 2 amide bonds. The lowest BCUT2D eigenvalue weighted by atomic mass is 10.1. The highest BCUT2D eigenvalue weighted by Gasteiger charge is 2.25. The molecule has 0 spiro atoms. The van der Waals surface area contributed by atoms with Gasteiger partial charge >= 0.3 is 0 Å². The molecule has 0 unspecified atom stereocenters. The van der Waals surface area contributed by atoms with Crippen molar-refractivity contribution in [3.05, 3.63) is 67.1 Å². The number of rotatable bonds is 4. The van der Waals surface area contributed by atoms with Gasteiger partial charge in [0.15, 0.2) is 10.9 Å². The van der Waals surface area contributed by atoms with Gasteiger partial charge < -0.3 is 4.74 Å². The van der Waals surface area contributed by atoms with Gasteiger partial charge in [0.25, 0.3) is 11.8 Å². The molecule has 2 N–H and O–H groups in total. The molecule has 0 saturated carbocycles. The van der Waals surface area contributed by atoms with E-state index < -0.39 is 11.8 Å². The maximum atomic E-state index is 11.9. The van der Waals surface area contributed by atoms with E-state index in [0.717, 1.165) is 0 Å². The lowest BCUT2D eigenvalue weighted by Crippen LogP contribution is -2.51. The molecule has 0 bridgehead atoms. The van der Waals surface area contributed by atoms with Crippen molar-refractivity contribution < 1.29 is 14.3 Å². The Morgan fingerprint density at radius 1 is 0.929 bits per heavy atom. The smallest absolute Gasteiger partial charge is 0.263 e. The van der Waals surface area contributed by atoms with E-state index in [2.05, 4.69) is 10.6 Å². The molecule has 1 aliphatic rings. The van der Waals surface area contributed by atoms with Crippen molar-refractivity contribution in [3.63, 3.8) is 0 Å². The van der Waals surface area contributed by atoms with Crippen LogP contribution in [0.1, 0.15) is 11.1 Å². The van der Waals surface area contributed by atoms with E-state index in [9.17, 15) is 9.59 Å². The number of hydrogen-bond donors (Lipinski definition) is 2. The summed E-state index contributed by atoms with van der Waals surface area (Å²) in [4.78, 5) is 23.9. The molecule has 3 rings (SSSR count). The molecule has 28 heavy (non-hydrogen) atoms. The molecule has 1 fully saturated rings. The molecular formula is C18H10Cl4N2O3S. The van der Waals surface area contributed by atoms with Gasteiger partial charge in [0.1, 0.15) is 12.2 Å². The van der Waals surface area contributed by atoms with Crippen LogP contribution < -0.4 is 15.4 Å². The molecule has 2 aromatic rings. The molecule has 1 aliphatic heterocycles. The number of halogens is 4. The van der Waals surface area contributed by atoms with Crippen molar-refractivity contribution in [2.75, 3.05) is 0 Å². The van der Waals surface area contributed by atoms with Crippen molar-refractivity contribution in [3.8, 4) is 5.75 Å². The zero-order valence-corrected chi connectivity index (χ0v) is 17.7. The van der Waals surface area contributed by atoms with Gasteiger partial charge in [0, 0.05) is 15.6 Å². The Balaban J connectivity index is 1.83. The number of amides is 2. The Labute approximate surface area is 185 Å². The van der Waals surface area contributed by atoms with E-state index in [1.54, 1.807) is 18.2 Å². The van der Waals surface area contributed by atoms with E-state index in [4.69, 9.17) is 63.4 Å². The minimum Gasteiger partial charge on any atom is -0.486 e. The SMILES string of the molecule is O=C1NC(=S)NC(=O)C1=Cc1cc(Cl)c(OCc2ccc(Cl)cc2Cl)c(Cl)c1. The summed E-state index contributed by atoms with van der Waals surface area (Å²) in [5.41, 5.74) is 1.03. The van der Waals surface area contributed by atoms with E-state index in [0.29, 0.717) is 21.2 Å². The second-order valence-corrected chi connectivity index (χ2v) is 7.70. The molecule has 0 atom stereocenters. The third kappa shape index (κ3) is 4.77. The summed E-state index contributed by atoms with van der Waals surface area (Å²) in [6.07, 6.45) is 1.35. The normalized spacial score (nSPS) is 13.9. The molecule has 0 aromatic heterocycles. The van der Waals surface area contributed by atoms with Gasteiger partial charge in [-0.1, -0.05) is 52.5 Å². The number of benzene rings is 2. The summed E-state index contributed by atoms with van der Waals surface area (Å²) < 4.78 is 5.69. The maximum absolute atomic E-state index is 11.9. The predicted molar refractivity (Wildman–Crippen MR) is 114 cm³/mol. The highest BCUT2D eigenvalue weighted by atomic mass is 35.5. The predicted octanol–water partition coefficient (Wildman–Crippen LogP) is 4.79. The first-order valence-electron chi connectivity index (χ1n) is 7.68. The summed E-state index contributed by atoms with van der Waals surface area (Å²) in [6, 6.07) is 8.07. The molecule has 10 heteroatoms. The van der Waals surface area contributed by atoms with Crippen LogP contribution in [0.5, 0.6) is 5.75 Å². The summed E-state index contributed by atoms with van der Waals surface area (Å²) in [5, 5.41) is 6.02. The lowest BCUT2D eigenvalue weighted by Gasteiger charge is -2.16. The Morgan fingerprint density at radius 3 is 2.11 bits per heavy atom. The molecule has 1 saturated heterocycles. The molecule has 0 aliphatic carbocycles. The standard InChI is InChI=1S/C18H10Cl4N2O3S/c19-10-2-1-9(12(20)6-10)7-27-15-13(21)4-8(5-14(15)22)3-11-16(25)23-18(28)24-17(11)26/h1-6H,7H2,(H2,23,24,25,26,28). The minimum atomic E-state index is -0.612. The van der Waals surface area contributed by atoms with Crippen molar-refractivity contribution in [1.29, 1.82) is 0 Å². The Morgan fingerprint density at radius 2 is 1.54 bits per heavy atom. The lowest BCUT2D eigenvalue weighted by molar-refractivity contribution is -0.123. The molecule has 1 heterocycles. The van der Waals surface area contributed by atoms with Gasteiger partial charge in [-0.2, -0.15) is 0 Å². The number of thiocarbonyl (C=S) groups is 1. The number of nitrogens with one attached hydrogen (secondary N) is 2.